The monoisotopic (exact) mass is 303 g/mol. The van der Waals surface area contributed by atoms with Gasteiger partial charge in [0.25, 0.3) is 5.91 Å². The number of carbonyl (C=O) groups is 1. The Kier molecular flexibility index (Phi) is 5.28. The first-order chi connectivity index (χ1) is 10.3. The number of piperidine rings is 1. The summed E-state index contributed by atoms with van der Waals surface area (Å²) in [6.45, 7) is 15.1. The average Bonchev–Trinajstić information content (AvgIpc) is 2.40. The summed E-state index contributed by atoms with van der Waals surface area (Å²) in [5, 5.41) is 3.17. The molecule has 1 aromatic carbocycles. The van der Waals surface area contributed by atoms with Gasteiger partial charge in [0.15, 0.2) is 6.04 Å². The van der Waals surface area contributed by atoms with Gasteiger partial charge in [-0.3, -0.25) is 4.79 Å². The van der Waals surface area contributed by atoms with Gasteiger partial charge in [0.2, 0.25) is 0 Å². The largest absolute Gasteiger partial charge is 0.324 e. The molecule has 0 spiro atoms. The number of carbonyl (C=O) groups excluding carboxylic acids is 1. The topological polar surface area (TPSA) is 33.5 Å². The molecule has 1 fully saturated rings. The lowest BCUT2D eigenvalue weighted by atomic mass is 9.91. The van der Waals surface area contributed by atoms with Gasteiger partial charge in [-0.1, -0.05) is 31.5 Å². The molecule has 1 aromatic rings. The van der Waals surface area contributed by atoms with Gasteiger partial charge >= 0.3 is 0 Å². The maximum Gasteiger partial charge on any atom is 0.282 e. The Labute approximate surface area is 135 Å². The first-order valence-electron chi connectivity index (χ1n) is 8.51. The Morgan fingerprint density at radius 2 is 1.64 bits per heavy atom. The minimum atomic E-state index is 0.00491. The summed E-state index contributed by atoms with van der Waals surface area (Å²) in [6, 6.07) is 4.27. The third-order valence-corrected chi connectivity index (χ3v) is 4.96. The van der Waals surface area contributed by atoms with Crippen molar-refractivity contribution in [2.45, 2.75) is 54.0 Å². The minimum absolute atomic E-state index is 0.00491. The Hall–Kier alpha value is -1.35. The standard InChI is InChI=1S/C19H30N2O/c1-12-8-15(4)18(16(5)9-12)20-19(22)17(6)21-10-13(2)7-14(3)11-21/h8-9,13-14,17H,7,10-11H2,1-6H3,(H,20,22)/p+1/t13-,14+,17-/m1/s1. The van der Waals surface area contributed by atoms with Crippen LogP contribution < -0.4 is 10.2 Å². The molecule has 1 aliphatic rings. The second-order valence-corrected chi connectivity index (χ2v) is 7.50. The van der Waals surface area contributed by atoms with Crippen LogP contribution in [0.15, 0.2) is 12.1 Å². The fourth-order valence-electron chi connectivity index (χ4n) is 3.98. The van der Waals surface area contributed by atoms with Crippen molar-refractivity contribution in [1.29, 1.82) is 0 Å². The van der Waals surface area contributed by atoms with Crippen LogP contribution in [0.25, 0.3) is 0 Å². The first kappa shape index (κ1) is 17.0. The molecule has 1 saturated heterocycles. The summed E-state index contributed by atoms with van der Waals surface area (Å²) in [7, 11) is 0. The normalized spacial score (nSPS) is 26.5. The summed E-state index contributed by atoms with van der Waals surface area (Å²) in [5.41, 5.74) is 4.52. The van der Waals surface area contributed by atoms with Crippen molar-refractivity contribution in [3.05, 3.63) is 28.8 Å². The zero-order valence-electron chi connectivity index (χ0n) is 14.9. The van der Waals surface area contributed by atoms with Crippen molar-refractivity contribution < 1.29 is 9.69 Å². The van der Waals surface area contributed by atoms with Gasteiger partial charge in [0, 0.05) is 17.5 Å². The van der Waals surface area contributed by atoms with E-state index in [0.717, 1.165) is 29.9 Å². The highest BCUT2D eigenvalue weighted by atomic mass is 16.2. The van der Waals surface area contributed by atoms with Crippen LogP contribution in [0.2, 0.25) is 0 Å². The minimum Gasteiger partial charge on any atom is -0.324 e. The van der Waals surface area contributed by atoms with Gasteiger partial charge < -0.3 is 10.2 Å². The fourth-order valence-corrected chi connectivity index (χ4v) is 3.98. The summed E-state index contributed by atoms with van der Waals surface area (Å²) in [5.74, 6) is 1.56. The molecule has 0 aliphatic carbocycles. The maximum atomic E-state index is 12.7. The van der Waals surface area contributed by atoms with Gasteiger partial charge in [-0.15, -0.1) is 0 Å². The molecule has 22 heavy (non-hydrogen) atoms. The third-order valence-electron chi connectivity index (χ3n) is 4.96. The molecule has 2 rings (SSSR count). The molecule has 1 aliphatic heterocycles. The van der Waals surface area contributed by atoms with E-state index in [2.05, 4.69) is 59.0 Å². The Morgan fingerprint density at radius 1 is 1.14 bits per heavy atom. The summed E-state index contributed by atoms with van der Waals surface area (Å²) in [4.78, 5) is 14.1. The zero-order chi connectivity index (χ0) is 16.4. The molecular weight excluding hydrogens is 272 g/mol. The van der Waals surface area contributed by atoms with Crippen LogP contribution in [0, 0.1) is 32.6 Å². The van der Waals surface area contributed by atoms with Crippen molar-refractivity contribution in [2.24, 2.45) is 11.8 Å². The van der Waals surface area contributed by atoms with Crippen molar-refractivity contribution in [1.82, 2.24) is 0 Å². The molecule has 3 heteroatoms. The van der Waals surface area contributed by atoms with E-state index in [1.54, 1.807) is 0 Å². The second-order valence-electron chi connectivity index (χ2n) is 7.50. The van der Waals surface area contributed by atoms with Crippen molar-refractivity contribution in [3.63, 3.8) is 0 Å². The van der Waals surface area contributed by atoms with E-state index < -0.39 is 0 Å². The van der Waals surface area contributed by atoms with Crippen LogP contribution in [-0.2, 0) is 4.79 Å². The van der Waals surface area contributed by atoms with E-state index in [4.69, 9.17) is 0 Å². The summed E-state index contributed by atoms with van der Waals surface area (Å²) < 4.78 is 0. The van der Waals surface area contributed by atoms with Gasteiger partial charge in [-0.2, -0.15) is 0 Å². The predicted octanol–water partition coefficient (Wildman–Crippen LogP) is 2.50. The lowest BCUT2D eigenvalue weighted by Gasteiger charge is -2.35. The van der Waals surface area contributed by atoms with Crippen LogP contribution in [0.1, 0.15) is 43.9 Å². The molecule has 0 bridgehead atoms. The molecule has 1 amide bonds. The maximum absolute atomic E-state index is 12.7. The quantitative estimate of drug-likeness (QED) is 0.884. The fraction of sp³-hybridized carbons (Fsp3) is 0.632. The Bertz CT molecular complexity index is 519. The SMILES string of the molecule is Cc1cc(C)c(NC(=O)[C@@H](C)[NH+]2C[C@H](C)C[C@H](C)C2)c(C)c1. The van der Waals surface area contributed by atoms with E-state index in [-0.39, 0.29) is 11.9 Å². The second kappa shape index (κ2) is 6.82. The van der Waals surface area contributed by atoms with Crippen LogP contribution in [0.5, 0.6) is 0 Å². The van der Waals surface area contributed by atoms with Crippen molar-refractivity contribution >= 4 is 11.6 Å². The highest BCUT2D eigenvalue weighted by Gasteiger charge is 2.32. The smallest absolute Gasteiger partial charge is 0.282 e. The zero-order valence-corrected chi connectivity index (χ0v) is 14.9. The number of likely N-dealkylation sites (tertiary alicyclic amines) is 1. The van der Waals surface area contributed by atoms with E-state index in [9.17, 15) is 4.79 Å². The Balaban J connectivity index is 2.09. The number of hydrogen-bond acceptors (Lipinski definition) is 1. The van der Waals surface area contributed by atoms with Crippen molar-refractivity contribution in [3.8, 4) is 0 Å². The van der Waals surface area contributed by atoms with Crippen LogP contribution >= 0.6 is 0 Å². The number of amides is 1. The molecule has 4 atom stereocenters. The van der Waals surface area contributed by atoms with Gasteiger partial charge in [0.05, 0.1) is 13.1 Å². The number of nitrogens with one attached hydrogen (secondary N) is 2. The number of benzene rings is 1. The summed E-state index contributed by atoms with van der Waals surface area (Å²) in [6.07, 6.45) is 1.29. The molecule has 122 valence electrons. The Morgan fingerprint density at radius 3 is 2.14 bits per heavy atom. The number of anilines is 1. The highest BCUT2D eigenvalue weighted by Crippen LogP contribution is 2.22. The van der Waals surface area contributed by atoms with E-state index in [1.165, 1.54) is 16.9 Å². The first-order valence-corrected chi connectivity index (χ1v) is 8.51. The number of rotatable bonds is 3. The molecule has 2 N–H and O–H groups in total. The number of quaternary nitrogens is 1. The van der Waals surface area contributed by atoms with E-state index in [1.807, 2.05) is 0 Å². The lowest BCUT2D eigenvalue weighted by Crippen LogP contribution is -3.18. The third kappa shape index (κ3) is 3.89. The van der Waals surface area contributed by atoms with E-state index >= 15 is 0 Å². The number of hydrogen-bond donors (Lipinski definition) is 2. The molecule has 1 unspecified atom stereocenters. The number of aryl methyl sites for hydroxylation is 3. The molecule has 0 aromatic heterocycles. The van der Waals surface area contributed by atoms with Gasteiger partial charge in [-0.05, 0) is 45.2 Å². The van der Waals surface area contributed by atoms with Gasteiger partial charge in [-0.25, -0.2) is 0 Å². The molecule has 3 nitrogen and oxygen atoms in total. The lowest BCUT2D eigenvalue weighted by molar-refractivity contribution is -0.925. The predicted molar refractivity (Wildman–Crippen MR) is 92.4 cm³/mol. The molecular formula is C19H31N2O+. The average molecular weight is 303 g/mol. The van der Waals surface area contributed by atoms with Gasteiger partial charge in [0.1, 0.15) is 0 Å². The van der Waals surface area contributed by atoms with Crippen LogP contribution in [0.4, 0.5) is 5.69 Å². The van der Waals surface area contributed by atoms with Crippen LogP contribution in [-0.4, -0.2) is 25.0 Å². The molecule has 0 radical (unpaired) electrons. The molecule has 0 saturated carbocycles. The van der Waals surface area contributed by atoms with Crippen molar-refractivity contribution in [2.75, 3.05) is 18.4 Å². The molecule has 1 heterocycles. The van der Waals surface area contributed by atoms with E-state index in [0.29, 0.717) is 11.8 Å². The summed E-state index contributed by atoms with van der Waals surface area (Å²) >= 11 is 0. The van der Waals surface area contributed by atoms with Crippen LogP contribution in [0.3, 0.4) is 0 Å². The highest BCUT2D eigenvalue weighted by molar-refractivity contribution is 5.95.